The van der Waals surface area contributed by atoms with Crippen LogP contribution in [-0.2, 0) is 28.6 Å². The average Bonchev–Trinajstić information content (AvgIpc) is 3.31. The molecule has 43 heavy (non-hydrogen) atoms. The van der Waals surface area contributed by atoms with E-state index in [0.29, 0.717) is 17.8 Å². The molecule has 3 aliphatic carbocycles. The minimum absolute atomic E-state index is 0.0507. The van der Waals surface area contributed by atoms with Crippen LogP contribution in [0.2, 0.25) is 0 Å². The Kier molecular flexibility index (Phi) is 13.5. The van der Waals surface area contributed by atoms with Gasteiger partial charge in [-0.25, -0.2) is 0 Å². The molecule has 0 heterocycles. The second kappa shape index (κ2) is 16.6. The maximum Gasteiger partial charge on any atom is 0.317 e. The molecular formula is C36H56O7. The Labute approximate surface area is 259 Å². The molecule has 3 rings (SSSR count). The third kappa shape index (κ3) is 10.3. The summed E-state index contributed by atoms with van der Waals surface area (Å²) in [5.74, 6) is 0.540. The Morgan fingerprint density at radius 3 is 2.42 bits per heavy atom. The number of hydrogen-bond donors (Lipinski definition) is 1. The molecule has 0 amide bonds. The van der Waals surface area contributed by atoms with Crippen molar-refractivity contribution in [1.82, 2.24) is 0 Å². The van der Waals surface area contributed by atoms with Gasteiger partial charge in [0.05, 0.1) is 6.10 Å². The first-order chi connectivity index (χ1) is 20.4. The predicted octanol–water partition coefficient (Wildman–Crippen LogP) is 7.98. The van der Waals surface area contributed by atoms with Crippen LogP contribution >= 0.6 is 0 Å². The molecule has 0 bridgehead atoms. The number of carboxylic acids is 1. The van der Waals surface area contributed by atoms with E-state index in [2.05, 4.69) is 46.4 Å². The number of esters is 2. The number of ether oxygens (including phenoxy) is 3. The van der Waals surface area contributed by atoms with Gasteiger partial charge >= 0.3 is 17.9 Å². The van der Waals surface area contributed by atoms with Gasteiger partial charge in [-0.1, -0.05) is 83.8 Å². The third-order valence-electron chi connectivity index (χ3n) is 10.2. The van der Waals surface area contributed by atoms with Crippen molar-refractivity contribution < 1.29 is 33.7 Å². The van der Waals surface area contributed by atoms with E-state index in [-0.39, 0.29) is 31.7 Å². The summed E-state index contributed by atoms with van der Waals surface area (Å²) in [6.45, 7) is 15.5. The van der Waals surface area contributed by atoms with Crippen molar-refractivity contribution in [2.24, 2.45) is 29.1 Å². The molecule has 3 fully saturated rings. The van der Waals surface area contributed by atoms with E-state index in [0.717, 1.165) is 42.6 Å². The van der Waals surface area contributed by atoms with E-state index in [1.165, 1.54) is 50.5 Å². The molecule has 0 aliphatic heterocycles. The van der Waals surface area contributed by atoms with E-state index >= 15 is 0 Å². The normalized spacial score (nSPS) is 29.0. The number of rotatable bonds is 15. The van der Waals surface area contributed by atoms with Gasteiger partial charge in [-0.05, 0) is 86.0 Å². The minimum Gasteiger partial charge on any atom is -0.481 e. The molecule has 2 unspecified atom stereocenters. The molecule has 7 nitrogen and oxygen atoms in total. The van der Waals surface area contributed by atoms with Gasteiger partial charge in [-0.3, -0.25) is 14.4 Å². The summed E-state index contributed by atoms with van der Waals surface area (Å²) in [5.41, 5.74) is 4.28. The minimum atomic E-state index is -1.25. The molecule has 0 aromatic rings. The van der Waals surface area contributed by atoms with Gasteiger partial charge in [-0.15, -0.1) is 0 Å². The Morgan fingerprint density at radius 1 is 1.02 bits per heavy atom. The van der Waals surface area contributed by atoms with E-state index in [1.807, 2.05) is 0 Å². The monoisotopic (exact) mass is 600 g/mol. The highest BCUT2D eigenvalue weighted by atomic mass is 16.6. The molecule has 6 atom stereocenters. The highest BCUT2D eigenvalue weighted by Gasteiger charge is 2.50. The number of hydrogen-bond acceptors (Lipinski definition) is 6. The summed E-state index contributed by atoms with van der Waals surface area (Å²) >= 11 is 0. The fourth-order valence-corrected chi connectivity index (χ4v) is 7.81. The van der Waals surface area contributed by atoms with E-state index < -0.39 is 24.5 Å². The summed E-state index contributed by atoms with van der Waals surface area (Å²) in [7, 11) is 0. The molecule has 0 aromatic heterocycles. The highest BCUT2D eigenvalue weighted by Crippen LogP contribution is 2.60. The second-order valence-corrected chi connectivity index (χ2v) is 13.8. The van der Waals surface area contributed by atoms with Gasteiger partial charge in [0.15, 0.2) is 0 Å². The summed E-state index contributed by atoms with van der Waals surface area (Å²) < 4.78 is 16.7. The van der Waals surface area contributed by atoms with Gasteiger partial charge in [0.2, 0.25) is 0 Å². The van der Waals surface area contributed by atoms with Crippen LogP contribution in [0.5, 0.6) is 0 Å². The fourth-order valence-electron chi connectivity index (χ4n) is 7.81. The Hall–Kier alpha value is -2.41. The maximum atomic E-state index is 11.8. The molecular weight excluding hydrogens is 544 g/mol. The summed E-state index contributed by atoms with van der Waals surface area (Å²) in [5, 5.41) is 8.85. The van der Waals surface area contributed by atoms with Gasteiger partial charge in [0, 0.05) is 6.42 Å². The van der Waals surface area contributed by atoms with Gasteiger partial charge < -0.3 is 19.3 Å². The van der Waals surface area contributed by atoms with Gasteiger partial charge in [0.1, 0.15) is 25.7 Å². The van der Waals surface area contributed by atoms with Crippen molar-refractivity contribution in [2.45, 2.75) is 130 Å². The second-order valence-electron chi connectivity index (χ2n) is 13.8. The number of fused-ring (bicyclic) bond motifs is 1. The van der Waals surface area contributed by atoms with Crippen LogP contribution in [-0.4, -0.2) is 48.4 Å². The van der Waals surface area contributed by atoms with Crippen molar-refractivity contribution in [1.29, 1.82) is 0 Å². The lowest BCUT2D eigenvalue weighted by Gasteiger charge is -2.44. The molecule has 0 radical (unpaired) electrons. The SMILES string of the molecule is C=C1CC[C@H](OC(COC(=O)CC)COC(=O)CC(=O)O)C/C1=C/C=C1CCC[C@@]2(C)C1CC[C@@H]2[C@H](C)CCCC(C)C. The quantitative estimate of drug-likeness (QED) is 0.150. The van der Waals surface area contributed by atoms with Crippen LogP contribution in [0.15, 0.2) is 35.5 Å². The molecule has 242 valence electrons. The van der Waals surface area contributed by atoms with Crippen molar-refractivity contribution in [3.05, 3.63) is 35.5 Å². The lowest BCUT2D eigenvalue weighted by Crippen LogP contribution is -2.36. The number of carbonyl (C=O) groups excluding carboxylic acids is 2. The van der Waals surface area contributed by atoms with Crippen LogP contribution < -0.4 is 0 Å². The van der Waals surface area contributed by atoms with E-state index in [4.69, 9.17) is 19.3 Å². The summed E-state index contributed by atoms with van der Waals surface area (Å²) in [6, 6.07) is 0. The largest absolute Gasteiger partial charge is 0.481 e. The molecule has 0 spiro atoms. The maximum absolute atomic E-state index is 11.8. The van der Waals surface area contributed by atoms with Crippen LogP contribution in [0, 0.1) is 29.1 Å². The van der Waals surface area contributed by atoms with Crippen LogP contribution in [0.25, 0.3) is 0 Å². The zero-order chi connectivity index (χ0) is 31.6. The first-order valence-electron chi connectivity index (χ1n) is 16.7. The molecule has 0 aromatic carbocycles. The number of carbonyl (C=O) groups is 3. The van der Waals surface area contributed by atoms with Gasteiger partial charge in [0.25, 0.3) is 0 Å². The average molecular weight is 601 g/mol. The summed E-state index contributed by atoms with van der Waals surface area (Å²) in [6.07, 6.45) is 16.0. The van der Waals surface area contributed by atoms with Crippen molar-refractivity contribution in [2.75, 3.05) is 13.2 Å². The Balaban J connectivity index is 1.66. The van der Waals surface area contributed by atoms with Crippen LogP contribution in [0.1, 0.15) is 118 Å². The van der Waals surface area contributed by atoms with Gasteiger partial charge in [-0.2, -0.15) is 0 Å². The standard InChI is InChI=1S/C36H56O7/c1-7-34(39)41-22-30(23-42-35(40)21-33(37)38)43-29-16-13-25(4)28(20-29)15-14-27-12-9-19-36(6)31(17-18-32(27)36)26(5)11-8-10-24(2)3/h14-15,24,26,29-32H,4,7-13,16-23H2,1-3,5-6H3,(H,37,38)/b27-14?,28-15-/t26-,29+,30?,31-,32?,36-/m1/s1. The Morgan fingerprint density at radius 2 is 1.74 bits per heavy atom. The third-order valence-corrected chi connectivity index (χ3v) is 10.2. The van der Waals surface area contributed by atoms with E-state index in [9.17, 15) is 14.4 Å². The number of carboxylic acid groups (broad SMARTS) is 1. The predicted molar refractivity (Wildman–Crippen MR) is 168 cm³/mol. The molecule has 3 aliphatic rings. The topological polar surface area (TPSA) is 99.1 Å². The zero-order valence-electron chi connectivity index (χ0n) is 27.3. The lowest BCUT2D eigenvalue weighted by molar-refractivity contribution is -0.161. The zero-order valence-corrected chi connectivity index (χ0v) is 27.3. The lowest BCUT2D eigenvalue weighted by atomic mass is 9.60. The smallest absolute Gasteiger partial charge is 0.317 e. The van der Waals surface area contributed by atoms with Crippen molar-refractivity contribution in [3.8, 4) is 0 Å². The first kappa shape index (κ1) is 35.1. The molecule has 3 saturated carbocycles. The fraction of sp³-hybridized carbons (Fsp3) is 0.750. The summed E-state index contributed by atoms with van der Waals surface area (Å²) in [4.78, 5) is 34.4. The van der Waals surface area contributed by atoms with Crippen LogP contribution in [0.3, 0.4) is 0 Å². The van der Waals surface area contributed by atoms with E-state index in [1.54, 1.807) is 12.5 Å². The number of aliphatic carboxylic acids is 1. The molecule has 7 heteroatoms. The molecule has 1 N–H and O–H groups in total. The first-order valence-corrected chi connectivity index (χ1v) is 16.7. The van der Waals surface area contributed by atoms with Crippen molar-refractivity contribution in [3.63, 3.8) is 0 Å². The molecule has 0 saturated heterocycles. The van der Waals surface area contributed by atoms with Crippen LogP contribution in [0.4, 0.5) is 0 Å². The Bertz CT molecular complexity index is 1040. The highest BCUT2D eigenvalue weighted by molar-refractivity contribution is 5.90. The number of allylic oxidation sites excluding steroid dienone is 4. The van der Waals surface area contributed by atoms with Crippen molar-refractivity contribution >= 4 is 17.9 Å².